The van der Waals surface area contributed by atoms with Crippen LogP contribution in [0.1, 0.15) is 203 Å². The summed E-state index contributed by atoms with van der Waals surface area (Å²) in [4.78, 5) is 247. The summed E-state index contributed by atoms with van der Waals surface area (Å²) in [5, 5.41) is 34.8. The maximum atomic E-state index is 14.7. The molecule has 144 heavy (non-hydrogen) atoms. The number of ketones is 6. The van der Waals surface area contributed by atoms with Gasteiger partial charge in [0.05, 0.1) is 75.5 Å². The van der Waals surface area contributed by atoms with Crippen LogP contribution in [-0.4, -0.2) is 206 Å². The highest BCUT2D eigenvalue weighted by Gasteiger charge is 2.38. The lowest BCUT2D eigenvalue weighted by Gasteiger charge is -2.26. The molecule has 0 aliphatic carbocycles. The van der Waals surface area contributed by atoms with Crippen molar-refractivity contribution in [2.24, 2.45) is 47.3 Å². The largest absolute Gasteiger partial charge is 0.489 e. The third-order valence-electron chi connectivity index (χ3n) is 22.8. The number of hydrogen-bond acceptors (Lipinski definition) is 30. The smallest absolute Gasteiger partial charge is 0.324 e. The van der Waals surface area contributed by atoms with Crippen molar-refractivity contribution in [2.75, 3.05) is 53.9 Å². The van der Waals surface area contributed by atoms with Crippen molar-refractivity contribution in [1.82, 2.24) is 31.9 Å². The van der Waals surface area contributed by atoms with Crippen molar-refractivity contribution in [3.05, 3.63) is 203 Å². The molecule has 784 valence electrons. The quantitative estimate of drug-likeness (QED) is 0.00965. The summed E-state index contributed by atoms with van der Waals surface area (Å²) >= 11 is 0. The van der Waals surface area contributed by atoms with E-state index in [0.717, 1.165) is 36.1 Å². The molecule has 6 aromatic carbocycles. The van der Waals surface area contributed by atoms with Gasteiger partial charge in [0, 0.05) is 129 Å². The summed E-state index contributed by atoms with van der Waals surface area (Å²) in [5.74, 6) is -7.58. The summed E-state index contributed by atoms with van der Waals surface area (Å²) in [6.07, 6.45) is -4.94. The Balaban J connectivity index is 0.000000515. The van der Waals surface area contributed by atoms with Crippen LogP contribution in [-0.2, 0) is 164 Å². The second-order valence-corrected chi connectivity index (χ2v) is 35.7. The highest BCUT2D eigenvalue weighted by Crippen LogP contribution is 2.27. The highest BCUT2D eigenvalue weighted by atomic mass is 16.7. The maximum Gasteiger partial charge on any atom is 0.324 e. The van der Waals surface area contributed by atoms with Crippen molar-refractivity contribution >= 4 is 106 Å². The van der Waals surface area contributed by atoms with Crippen molar-refractivity contribution in [3.8, 4) is 11.5 Å². The number of carboxylic acid groups (broad SMARTS) is 2. The van der Waals surface area contributed by atoms with Crippen LogP contribution in [0.4, 0.5) is 0 Å². The van der Waals surface area contributed by atoms with Gasteiger partial charge in [-0.15, -0.1) is 0 Å². The molecule has 6 aromatic rings. The predicted molar refractivity (Wildman–Crippen MR) is 524 cm³/mol. The second kappa shape index (κ2) is 68.5. The van der Waals surface area contributed by atoms with Gasteiger partial charge in [0.15, 0.2) is 34.7 Å². The van der Waals surface area contributed by atoms with E-state index >= 15 is 0 Å². The number of esters is 2. The number of ether oxygens (including phenoxy) is 8. The Morgan fingerprint density at radius 3 is 0.903 bits per heavy atom. The third-order valence-corrected chi connectivity index (χ3v) is 22.8. The van der Waals surface area contributed by atoms with E-state index in [1.54, 1.807) is 111 Å². The summed E-state index contributed by atoms with van der Waals surface area (Å²) in [7, 11) is 3.05. The molecule has 0 bridgehead atoms. The minimum Gasteiger partial charge on any atom is -0.489 e. The molecule has 0 aromatic heterocycles. The average Bonchev–Trinajstić information content (AvgIpc) is 0.861. The van der Waals surface area contributed by atoms with E-state index in [1.165, 1.54) is 14.2 Å². The van der Waals surface area contributed by atoms with Gasteiger partial charge in [0.1, 0.15) is 37.9 Å². The highest BCUT2D eigenvalue weighted by molar-refractivity contribution is 6.00. The van der Waals surface area contributed by atoms with Gasteiger partial charge in [-0.05, 0) is 134 Å². The van der Waals surface area contributed by atoms with Crippen molar-refractivity contribution in [2.45, 2.75) is 245 Å². The molecular weight excluding hydrogens is 1870 g/mol. The zero-order valence-corrected chi connectivity index (χ0v) is 83.2. The van der Waals surface area contributed by atoms with E-state index in [4.69, 9.17) is 49.7 Å². The van der Waals surface area contributed by atoms with Crippen molar-refractivity contribution < 1.29 is 144 Å². The number of methoxy groups -OCH3 is 2. The van der Waals surface area contributed by atoms with E-state index in [-0.39, 0.29) is 128 Å². The van der Waals surface area contributed by atoms with Crippen LogP contribution in [0.2, 0.25) is 0 Å². The van der Waals surface area contributed by atoms with Crippen LogP contribution in [0.5, 0.6) is 11.5 Å². The molecule has 6 amide bonds. The van der Waals surface area contributed by atoms with Crippen LogP contribution in [0.15, 0.2) is 170 Å². The molecule has 38 nitrogen and oxygen atoms in total. The molecule has 0 spiro atoms. The van der Waals surface area contributed by atoms with E-state index in [1.807, 2.05) is 86.6 Å². The number of carbonyl (C=O) groups is 18. The number of amides is 6. The van der Waals surface area contributed by atoms with Crippen LogP contribution in [0.3, 0.4) is 0 Å². The van der Waals surface area contributed by atoms with Crippen LogP contribution >= 0.6 is 0 Å². The fourth-order valence-corrected chi connectivity index (χ4v) is 15.2. The topological polar surface area (TPSA) is 564 Å². The monoisotopic (exact) mass is 2000 g/mol. The Morgan fingerprint density at radius 1 is 0.299 bits per heavy atom. The maximum absolute atomic E-state index is 14.7. The summed E-state index contributed by atoms with van der Waals surface area (Å²) in [6.45, 7) is 11.8. The number of nitrogens with two attached hydrogens (primary N) is 2. The molecular formula is C106H140N8O30. The normalized spacial score (nSPS) is 13.1. The van der Waals surface area contributed by atoms with Gasteiger partial charge in [-0.1, -0.05) is 173 Å². The van der Waals surface area contributed by atoms with E-state index in [0.29, 0.717) is 68.7 Å². The standard InChI is InChI=1S/C60H75N3O15.C46H65N5O15/c1-41(2)33-51(63-60(73)48(36-55(67)52(37-56(68)69)61-42(3)64)34-43-22-25-49(26-23-43)76-38-44-15-8-5-9-16-44)54(66)35-47(24-28-57(70)77-39-45-17-10-6-11-18-45)59(72)62-50(53(65)21-14-30-75-32-31-74-4)27-29-58(71)78-40-46-19-12-7-13-20-46;1-29(2)23-37(40(54)25-33(14-18-43(58)65-47)45(60)50-36(17-19-44(59)66-48)39(53)11-8-20-63-22-21-62-4)51-46(61)34(26-41(55)38(27-42(56)57)49-30(3)52)24-31-12-15-35(16-13-31)64-28-32-9-6-5-7-10-32/h5-13,15-20,22-23,25-26,41,47-48,50-52H,14,21,24,27-40H2,1-4H3,(H,61,64)(H,62,72)(H,63,73)(H,68,69);5-7,9-10,12-13,15-16,29,33-34,36-38H,8,11,14,17-28,47-48H2,1-4H3,(H,49,52)(H,50,60)(H,51,61)(H,56,57)/t47-,48-,50-,51-,52+;33-,34-,36-,37-,38+/m11/s1. The van der Waals surface area contributed by atoms with Crippen LogP contribution in [0, 0.1) is 35.5 Å². The Labute approximate surface area is 839 Å². The lowest BCUT2D eigenvalue weighted by atomic mass is 9.88. The fraction of sp³-hybridized carbons (Fsp3) is 0.491. The lowest BCUT2D eigenvalue weighted by molar-refractivity contribution is -0.147. The summed E-state index contributed by atoms with van der Waals surface area (Å²) in [5.41, 5.74) is 4.59. The SMILES string of the molecule is COCCOCCCC(=O)[C@@H](CCC(=O)OCc1ccccc1)NC(=O)[C@H](CCC(=O)OCc1ccccc1)CC(=O)[C@@H](CC(C)C)NC(=O)[C@@H](CC(=O)[C@H](CC(=O)O)NC(C)=O)Cc1ccc(OCc2ccccc2)cc1.COCCOCCCC(=O)[C@@H](CCC(=O)ON)NC(=O)[C@H](CCC(=O)ON)CC(=O)[C@@H](CC(C)C)NC(=O)[C@@H](CC(=O)[C@H](CC(=O)O)NC(C)=O)Cc1ccc(OCc2ccccc2)cc1. The van der Waals surface area contributed by atoms with Gasteiger partial charge in [0.25, 0.3) is 0 Å². The van der Waals surface area contributed by atoms with Crippen molar-refractivity contribution in [3.63, 3.8) is 0 Å². The molecule has 0 aliphatic heterocycles. The molecule has 0 radical (unpaired) electrons. The molecule has 0 unspecified atom stereocenters. The molecule has 10 atom stereocenters. The number of rotatable bonds is 72. The van der Waals surface area contributed by atoms with E-state index in [9.17, 15) is 96.5 Å². The third kappa shape index (κ3) is 50.8. The Kier molecular flexibility index (Phi) is 57.5. The molecule has 38 heteroatoms. The first kappa shape index (κ1) is 121. The zero-order valence-electron chi connectivity index (χ0n) is 83.2. The van der Waals surface area contributed by atoms with Crippen molar-refractivity contribution in [1.29, 1.82) is 0 Å². The number of carboxylic acids is 2. The molecule has 12 N–H and O–H groups in total. The number of benzene rings is 6. The molecule has 0 saturated carbocycles. The van der Waals surface area contributed by atoms with Gasteiger partial charge >= 0.3 is 35.8 Å². The predicted octanol–water partition coefficient (Wildman–Crippen LogP) is 9.37. The Bertz CT molecular complexity index is 5000. The van der Waals surface area contributed by atoms with E-state index < -0.39 is 211 Å². The lowest BCUT2D eigenvalue weighted by Crippen LogP contribution is -2.48. The second-order valence-electron chi connectivity index (χ2n) is 35.7. The van der Waals surface area contributed by atoms with Crippen LogP contribution in [0.25, 0.3) is 0 Å². The Morgan fingerprint density at radius 2 is 0.590 bits per heavy atom. The first-order valence-electron chi connectivity index (χ1n) is 48.1. The molecule has 0 saturated heterocycles. The minimum atomic E-state index is -1.44. The first-order valence-corrected chi connectivity index (χ1v) is 48.1. The number of aliphatic carboxylic acids is 2. The van der Waals surface area contributed by atoms with Gasteiger partial charge in [-0.3, -0.25) is 86.3 Å². The molecule has 6 rings (SSSR count). The molecule has 0 heterocycles. The molecule has 0 aliphatic rings. The fourth-order valence-electron chi connectivity index (χ4n) is 15.2. The minimum absolute atomic E-state index is 0.000431. The summed E-state index contributed by atoms with van der Waals surface area (Å²) < 4.78 is 43.7. The number of hydrogen-bond donors (Lipinski definition) is 10. The molecule has 0 fully saturated rings. The Hall–Kier alpha value is -13.7. The zero-order chi connectivity index (χ0) is 106. The van der Waals surface area contributed by atoms with Gasteiger partial charge in [0.2, 0.25) is 35.4 Å². The van der Waals surface area contributed by atoms with Gasteiger partial charge in [-0.25, -0.2) is 0 Å². The van der Waals surface area contributed by atoms with Crippen LogP contribution < -0.4 is 53.2 Å². The van der Waals surface area contributed by atoms with Gasteiger partial charge in [-0.2, -0.15) is 11.8 Å². The summed E-state index contributed by atoms with van der Waals surface area (Å²) in [6, 6.07) is 42.9. The number of nitrogens with one attached hydrogen (secondary N) is 6. The average molecular weight is 2010 g/mol. The van der Waals surface area contributed by atoms with Gasteiger partial charge < -0.3 is 89.7 Å². The number of Topliss-reactive ketones (excluding diaryl/α,β-unsaturated/α-hetero) is 6. The number of carbonyl (C=O) groups excluding carboxylic acids is 16. The first-order chi connectivity index (χ1) is 68.9. The van der Waals surface area contributed by atoms with E-state index in [2.05, 4.69) is 41.6 Å².